The molecule has 1 aromatic heterocycles. The minimum Gasteiger partial charge on any atom is -0.699 e. The molecule has 0 aliphatic carbocycles. The summed E-state index contributed by atoms with van der Waals surface area (Å²) in [5, 5.41) is 8.15. The third kappa shape index (κ3) is 4.11. The summed E-state index contributed by atoms with van der Waals surface area (Å²) in [4.78, 5) is 17.0. The first-order valence-corrected chi connectivity index (χ1v) is 7.09. The van der Waals surface area contributed by atoms with Crippen molar-refractivity contribution in [3.63, 3.8) is 0 Å². The summed E-state index contributed by atoms with van der Waals surface area (Å²) < 4.78 is 49.6. The van der Waals surface area contributed by atoms with Crippen molar-refractivity contribution >= 4 is 17.5 Å². The number of carbonyl (C=O) groups is 1. The van der Waals surface area contributed by atoms with Crippen molar-refractivity contribution in [2.45, 2.75) is 12.0 Å². The van der Waals surface area contributed by atoms with Gasteiger partial charge in [0.25, 0.3) is 6.43 Å². The lowest BCUT2D eigenvalue weighted by Crippen LogP contribution is -2.45. The highest BCUT2D eigenvalue weighted by atomic mass is 19.3. The molecule has 0 fully saturated rings. The number of ether oxygens (including phenoxy) is 1. The van der Waals surface area contributed by atoms with Crippen LogP contribution >= 0.6 is 0 Å². The molecule has 4 N–H and O–H groups in total. The van der Waals surface area contributed by atoms with Crippen LogP contribution in [0, 0.1) is 5.82 Å². The van der Waals surface area contributed by atoms with Gasteiger partial charge in [-0.3, -0.25) is 4.99 Å². The number of hydrogen-bond donors (Lipinski definition) is 2. The first-order chi connectivity index (χ1) is 12.3. The average Bonchev–Trinajstić information content (AvgIpc) is 3.12. The molecule has 2 aromatic rings. The number of aromatic carboxylic acids is 1. The molecule has 140 valence electrons. The second-order valence-corrected chi connectivity index (χ2v) is 5.19. The Hall–Kier alpha value is -3.08. The molecule has 1 aliphatic heterocycles. The van der Waals surface area contributed by atoms with Crippen LogP contribution in [0.3, 0.4) is 0 Å². The van der Waals surface area contributed by atoms with Crippen molar-refractivity contribution in [2.24, 2.45) is 10.7 Å². The molecule has 0 bridgehead atoms. The lowest BCUT2D eigenvalue weighted by Gasteiger charge is -2.33. The van der Waals surface area contributed by atoms with E-state index in [-0.39, 0.29) is 29.4 Å². The normalized spacial score (nSPS) is 19.5. The van der Waals surface area contributed by atoms with Gasteiger partial charge in [0.05, 0.1) is 6.61 Å². The Kier molecular flexibility index (Phi) is 5.82. The molecule has 0 radical (unpaired) electrons. The molecular weight excluding hydrogens is 357 g/mol. The van der Waals surface area contributed by atoms with Gasteiger partial charge in [0.1, 0.15) is 24.5 Å². The summed E-state index contributed by atoms with van der Waals surface area (Å²) in [7, 11) is 0. The number of hydrogen-bond acceptors (Lipinski definition) is 6. The average molecular weight is 371 g/mol. The van der Waals surface area contributed by atoms with Gasteiger partial charge in [0, 0.05) is 5.56 Å². The van der Waals surface area contributed by atoms with Gasteiger partial charge >= 0.3 is 5.97 Å². The molecule has 0 unspecified atom stereocenters. The number of nitrogens with zero attached hydrogens (tertiary/aromatic N) is 2. The molecule has 26 heavy (non-hydrogen) atoms. The lowest BCUT2D eigenvalue weighted by atomic mass is 9.90. The Morgan fingerprint density at radius 3 is 2.65 bits per heavy atom. The quantitative estimate of drug-likeness (QED) is 0.852. The van der Waals surface area contributed by atoms with E-state index in [4.69, 9.17) is 21.3 Å². The monoisotopic (exact) mass is 371 g/mol. The highest BCUT2D eigenvalue weighted by molar-refractivity contribution is 5.84. The maximum Gasteiger partial charge on any atom is 0.357 e. The third-order valence-electron chi connectivity index (χ3n) is 3.36. The fourth-order valence-corrected chi connectivity index (χ4v) is 2.17. The van der Waals surface area contributed by atoms with Crippen LogP contribution in [-0.2, 0) is 10.3 Å². The van der Waals surface area contributed by atoms with Crippen LogP contribution < -0.4 is 5.73 Å². The maximum absolute atomic E-state index is 13.7. The Labute approximate surface area is 145 Å². The SMILES string of the molecule is O=C(O)c1cocn1.[NH-]c1ccc(F)c([C@]2(C(F)F)COCC(N)=N2)c1. The highest BCUT2D eigenvalue weighted by Crippen LogP contribution is 2.38. The molecule has 1 atom stereocenters. The zero-order valence-electron chi connectivity index (χ0n) is 13.2. The number of nitrogens with one attached hydrogen (secondary N) is 1. The van der Waals surface area contributed by atoms with E-state index >= 15 is 0 Å². The Balaban J connectivity index is 0.000000254. The van der Waals surface area contributed by atoms with E-state index < -0.39 is 30.4 Å². The standard InChI is InChI=1S/C11H11F3N3O.C4H3NO3/c12-8-2-1-6(15)3-7(8)11(10(13)14)5-18-4-9(16)17-11;6-4(7)3-1-8-2-5-3/h1-3,10,15H,4-5H2,(H2,16,17);1-2H,(H,6,7)/q-1;/t11-;/m0./s1. The van der Waals surface area contributed by atoms with E-state index in [0.29, 0.717) is 0 Å². The molecule has 8 nitrogen and oxygen atoms in total. The number of nitrogens with two attached hydrogens (primary N) is 1. The number of halogens is 3. The molecule has 1 aliphatic rings. The second kappa shape index (κ2) is 7.87. The van der Waals surface area contributed by atoms with E-state index in [0.717, 1.165) is 24.8 Å². The van der Waals surface area contributed by atoms with Gasteiger partial charge in [-0.2, -0.15) is 0 Å². The molecular formula is C15H14F3N4O4-. The summed E-state index contributed by atoms with van der Waals surface area (Å²) in [5.41, 5.74) is 10.1. The van der Waals surface area contributed by atoms with Gasteiger partial charge in [0.2, 0.25) is 0 Å². The van der Waals surface area contributed by atoms with Crippen molar-refractivity contribution in [3.8, 4) is 0 Å². The Bertz CT molecular complexity index is 798. The predicted octanol–water partition coefficient (Wildman–Crippen LogP) is 2.73. The van der Waals surface area contributed by atoms with E-state index in [1.165, 1.54) is 6.07 Å². The molecule has 0 saturated heterocycles. The van der Waals surface area contributed by atoms with Gasteiger partial charge < -0.3 is 25.7 Å². The first kappa shape index (κ1) is 19.2. The molecule has 0 saturated carbocycles. The molecule has 11 heteroatoms. The molecule has 1 aromatic carbocycles. The van der Waals surface area contributed by atoms with Crippen molar-refractivity contribution < 1.29 is 32.2 Å². The van der Waals surface area contributed by atoms with Crippen molar-refractivity contribution in [3.05, 3.63) is 53.7 Å². The van der Waals surface area contributed by atoms with E-state index in [1.807, 2.05) is 0 Å². The maximum atomic E-state index is 13.7. The number of carboxylic acid groups (broad SMARTS) is 1. The largest absolute Gasteiger partial charge is 0.699 e. The number of oxazole rings is 1. The molecule has 2 heterocycles. The minimum atomic E-state index is -2.98. The van der Waals surface area contributed by atoms with E-state index in [9.17, 15) is 18.0 Å². The number of rotatable bonds is 3. The fraction of sp³-hybridized carbons (Fsp3) is 0.267. The number of amidine groups is 1. The third-order valence-corrected chi connectivity index (χ3v) is 3.36. The lowest BCUT2D eigenvalue weighted by molar-refractivity contribution is -0.0145. The molecule has 0 spiro atoms. The van der Waals surface area contributed by atoms with E-state index in [1.54, 1.807) is 0 Å². The highest BCUT2D eigenvalue weighted by Gasteiger charge is 2.46. The van der Waals surface area contributed by atoms with Crippen molar-refractivity contribution in [1.82, 2.24) is 4.98 Å². The fourth-order valence-electron chi connectivity index (χ4n) is 2.17. The number of aromatic nitrogens is 1. The van der Waals surface area contributed by atoms with Crippen LogP contribution in [0.25, 0.3) is 5.73 Å². The van der Waals surface area contributed by atoms with Crippen LogP contribution in [0.4, 0.5) is 18.9 Å². The second-order valence-electron chi connectivity index (χ2n) is 5.19. The van der Waals surface area contributed by atoms with Gasteiger partial charge in [-0.1, -0.05) is 12.1 Å². The number of alkyl halides is 2. The zero-order chi connectivity index (χ0) is 19.3. The number of aliphatic imine (C=N–C) groups is 1. The van der Waals surface area contributed by atoms with Gasteiger partial charge in [-0.25, -0.2) is 22.9 Å². The zero-order valence-corrected chi connectivity index (χ0v) is 13.2. The van der Waals surface area contributed by atoms with Crippen molar-refractivity contribution in [1.29, 1.82) is 0 Å². The van der Waals surface area contributed by atoms with Crippen molar-refractivity contribution in [2.75, 3.05) is 13.2 Å². The van der Waals surface area contributed by atoms with Gasteiger partial charge in [-0.15, -0.1) is 5.69 Å². The number of benzene rings is 1. The van der Waals surface area contributed by atoms with Crippen LogP contribution in [0.1, 0.15) is 16.1 Å². The van der Waals surface area contributed by atoms with Crippen LogP contribution in [-0.4, -0.2) is 41.5 Å². The summed E-state index contributed by atoms with van der Waals surface area (Å²) in [6, 6.07) is 3.16. The smallest absolute Gasteiger partial charge is 0.357 e. The summed E-state index contributed by atoms with van der Waals surface area (Å²) in [6.45, 7) is -0.525. The first-order valence-electron chi connectivity index (χ1n) is 7.09. The van der Waals surface area contributed by atoms with E-state index in [2.05, 4.69) is 14.4 Å². The van der Waals surface area contributed by atoms with Crippen LogP contribution in [0.5, 0.6) is 0 Å². The summed E-state index contributed by atoms with van der Waals surface area (Å²) in [5.74, 6) is -2.04. The Morgan fingerprint density at radius 1 is 1.42 bits per heavy atom. The molecule has 3 rings (SSSR count). The van der Waals surface area contributed by atoms with Crippen LogP contribution in [0.2, 0.25) is 0 Å². The van der Waals surface area contributed by atoms with Gasteiger partial charge in [-0.05, 0) is 6.07 Å². The Morgan fingerprint density at radius 2 is 2.15 bits per heavy atom. The topological polar surface area (TPSA) is 135 Å². The summed E-state index contributed by atoms with van der Waals surface area (Å²) in [6.07, 6.45) is -0.834. The minimum absolute atomic E-state index is 0.0589. The van der Waals surface area contributed by atoms with Crippen LogP contribution in [0.15, 0.2) is 40.3 Å². The predicted molar refractivity (Wildman–Crippen MR) is 84.0 cm³/mol. The summed E-state index contributed by atoms with van der Waals surface area (Å²) >= 11 is 0. The van der Waals surface area contributed by atoms with Gasteiger partial charge in [0.15, 0.2) is 17.6 Å². The number of carboxylic acids is 1. The molecule has 0 amide bonds.